The topological polar surface area (TPSA) is 29.5 Å². The van der Waals surface area contributed by atoms with Gasteiger partial charge in [-0.2, -0.15) is 0 Å². The number of benzene rings is 1. The Morgan fingerprint density at radius 1 is 1.24 bits per heavy atom. The largest absolute Gasteiger partial charge is 0.422 e. The molecule has 0 N–H and O–H groups in total. The molecule has 0 bridgehead atoms. The highest BCUT2D eigenvalue weighted by Gasteiger charge is 2.19. The van der Waals surface area contributed by atoms with E-state index in [2.05, 4.69) is 24.8 Å². The fourth-order valence-corrected chi connectivity index (χ4v) is 2.20. The Balaban J connectivity index is 3.09. The first-order valence-electron chi connectivity index (χ1n) is 7.34. The van der Waals surface area contributed by atoms with Crippen LogP contribution in [0.3, 0.4) is 0 Å². The third kappa shape index (κ3) is 5.05. The van der Waals surface area contributed by atoms with Crippen LogP contribution in [0.15, 0.2) is 12.1 Å². The van der Waals surface area contributed by atoms with E-state index in [9.17, 15) is 4.79 Å². The molecule has 0 saturated heterocycles. The Morgan fingerprint density at radius 3 is 2.24 bits per heavy atom. The molecule has 0 heterocycles. The summed E-state index contributed by atoms with van der Waals surface area (Å²) in [5.74, 6) is 0.881. The predicted octanol–water partition coefficient (Wildman–Crippen LogP) is 2.80. The van der Waals surface area contributed by atoms with Gasteiger partial charge in [-0.05, 0) is 24.0 Å². The van der Waals surface area contributed by atoms with Crippen LogP contribution < -0.4 is 9.64 Å². The molecule has 4 heteroatoms. The maximum absolute atomic E-state index is 12.0. The molecule has 0 aliphatic heterocycles. The summed E-state index contributed by atoms with van der Waals surface area (Å²) in [6, 6.07) is 4.09. The number of likely N-dealkylation sites (N-methyl/N-ethyl adjacent to an activating group) is 1. The molecule has 0 atom stereocenters. The molecule has 0 radical (unpaired) electrons. The van der Waals surface area contributed by atoms with Gasteiger partial charge in [0.15, 0.2) is 6.54 Å². The van der Waals surface area contributed by atoms with Gasteiger partial charge in [-0.25, -0.2) is 4.79 Å². The van der Waals surface area contributed by atoms with Crippen LogP contribution >= 0.6 is 0 Å². The lowest BCUT2D eigenvalue weighted by Gasteiger charge is -2.24. The zero-order chi connectivity index (χ0) is 16.4. The van der Waals surface area contributed by atoms with Crippen LogP contribution in [0, 0.1) is 6.92 Å². The second kappa shape index (κ2) is 6.48. The molecule has 0 aliphatic carbocycles. The first kappa shape index (κ1) is 17.5. The smallest absolute Gasteiger partial charge is 0.367 e. The van der Waals surface area contributed by atoms with Crippen molar-refractivity contribution in [1.82, 2.24) is 0 Å². The Kier molecular flexibility index (Phi) is 5.40. The lowest BCUT2D eigenvalue weighted by Crippen LogP contribution is -2.41. The molecular formula is C17H29N2O2+. The molecule has 118 valence electrons. The Morgan fingerprint density at radius 2 is 1.81 bits per heavy atom. The number of carbonyl (C=O) groups is 1. The van der Waals surface area contributed by atoms with Gasteiger partial charge in [0.1, 0.15) is 5.75 Å². The number of anilines is 1. The lowest BCUT2D eigenvalue weighted by atomic mass is 9.98. The van der Waals surface area contributed by atoms with Gasteiger partial charge in [0.25, 0.3) is 0 Å². The number of aryl methyl sites for hydroxylation is 1. The molecule has 0 unspecified atom stereocenters. The van der Waals surface area contributed by atoms with Crippen molar-refractivity contribution in [3.63, 3.8) is 0 Å². The van der Waals surface area contributed by atoms with Crippen molar-refractivity contribution in [3.8, 4) is 5.75 Å². The van der Waals surface area contributed by atoms with E-state index in [-0.39, 0.29) is 5.97 Å². The maximum Gasteiger partial charge on any atom is 0.367 e. The molecule has 0 saturated carbocycles. The van der Waals surface area contributed by atoms with Crippen LogP contribution in [0.1, 0.15) is 30.9 Å². The lowest BCUT2D eigenvalue weighted by molar-refractivity contribution is -0.862. The molecule has 1 aromatic carbocycles. The van der Waals surface area contributed by atoms with Crippen molar-refractivity contribution in [2.75, 3.05) is 46.7 Å². The van der Waals surface area contributed by atoms with E-state index in [1.165, 1.54) is 5.56 Å². The number of esters is 1. The molecule has 0 aromatic heterocycles. The highest BCUT2D eigenvalue weighted by atomic mass is 16.5. The zero-order valence-electron chi connectivity index (χ0n) is 14.7. The van der Waals surface area contributed by atoms with Crippen molar-refractivity contribution in [2.24, 2.45) is 0 Å². The number of nitrogens with zero attached hydrogens (tertiary/aromatic N) is 2. The Hall–Kier alpha value is -1.55. The van der Waals surface area contributed by atoms with Gasteiger partial charge in [0.05, 0.1) is 21.1 Å². The Labute approximate surface area is 128 Å². The van der Waals surface area contributed by atoms with E-state index in [0.29, 0.717) is 22.7 Å². The molecule has 0 amide bonds. The van der Waals surface area contributed by atoms with Gasteiger partial charge < -0.3 is 14.1 Å². The van der Waals surface area contributed by atoms with Gasteiger partial charge in [0, 0.05) is 25.8 Å². The quantitative estimate of drug-likeness (QED) is 0.475. The second-order valence-electron chi connectivity index (χ2n) is 7.15. The van der Waals surface area contributed by atoms with Gasteiger partial charge >= 0.3 is 5.97 Å². The number of hydrogen-bond donors (Lipinski definition) is 0. The van der Waals surface area contributed by atoms with E-state index in [4.69, 9.17) is 4.74 Å². The molecule has 0 fully saturated rings. The molecule has 1 rings (SSSR count). The van der Waals surface area contributed by atoms with Gasteiger partial charge in [-0.15, -0.1) is 0 Å². The molecule has 0 aliphatic rings. The summed E-state index contributed by atoms with van der Waals surface area (Å²) in [4.78, 5) is 14.1. The number of quaternary nitrogens is 1. The van der Waals surface area contributed by atoms with Crippen molar-refractivity contribution in [3.05, 3.63) is 23.3 Å². The summed E-state index contributed by atoms with van der Waals surface area (Å²) in [7, 11) is 9.94. The minimum absolute atomic E-state index is 0.201. The van der Waals surface area contributed by atoms with Gasteiger partial charge in [0.2, 0.25) is 0 Å². The molecule has 4 nitrogen and oxygen atoms in total. The monoisotopic (exact) mass is 293 g/mol. The van der Waals surface area contributed by atoms with E-state index < -0.39 is 0 Å². The Bertz CT molecular complexity index is 514. The van der Waals surface area contributed by atoms with Crippen molar-refractivity contribution in [1.29, 1.82) is 0 Å². The number of rotatable bonds is 5. The van der Waals surface area contributed by atoms with Crippen LogP contribution in [0.2, 0.25) is 0 Å². The zero-order valence-corrected chi connectivity index (χ0v) is 14.7. The molecular weight excluding hydrogens is 264 g/mol. The predicted molar refractivity (Wildman–Crippen MR) is 88.1 cm³/mol. The minimum atomic E-state index is -0.201. The first-order valence-corrected chi connectivity index (χ1v) is 7.34. The van der Waals surface area contributed by atoms with Crippen LogP contribution in [0.4, 0.5) is 5.69 Å². The van der Waals surface area contributed by atoms with Crippen molar-refractivity contribution >= 4 is 11.7 Å². The van der Waals surface area contributed by atoms with Crippen molar-refractivity contribution in [2.45, 2.75) is 26.7 Å². The second-order valence-corrected chi connectivity index (χ2v) is 7.15. The summed E-state index contributed by atoms with van der Waals surface area (Å²) in [5.41, 5.74) is 3.37. The third-order valence-electron chi connectivity index (χ3n) is 3.26. The molecule has 1 aromatic rings. The van der Waals surface area contributed by atoms with E-state index in [1.807, 2.05) is 48.2 Å². The third-order valence-corrected chi connectivity index (χ3v) is 3.26. The summed E-state index contributed by atoms with van der Waals surface area (Å²) in [6.45, 7) is 6.68. The van der Waals surface area contributed by atoms with Crippen LogP contribution in [-0.2, 0) is 4.79 Å². The van der Waals surface area contributed by atoms with E-state index in [1.54, 1.807) is 0 Å². The van der Waals surface area contributed by atoms with Crippen LogP contribution in [-0.4, -0.2) is 52.2 Å². The van der Waals surface area contributed by atoms with Gasteiger partial charge in [-0.1, -0.05) is 19.9 Å². The number of carbonyl (C=O) groups excluding carboxylic acids is 1. The van der Waals surface area contributed by atoms with Gasteiger partial charge in [-0.3, -0.25) is 0 Å². The normalized spacial score (nSPS) is 11.7. The van der Waals surface area contributed by atoms with Crippen molar-refractivity contribution < 1.29 is 14.0 Å². The average Bonchev–Trinajstić information content (AvgIpc) is 2.28. The fraction of sp³-hybridized carbons (Fsp3) is 0.588. The summed E-state index contributed by atoms with van der Waals surface area (Å²) in [6.07, 6.45) is 0. The highest BCUT2D eigenvalue weighted by molar-refractivity contribution is 5.75. The van der Waals surface area contributed by atoms with E-state index in [0.717, 1.165) is 11.3 Å². The fourth-order valence-electron chi connectivity index (χ4n) is 2.20. The number of hydrogen-bond acceptors (Lipinski definition) is 3. The molecule has 0 spiro atoms. The summed E-state index contributed by atoms with van der Waals surface area (Å²) in [5, 5.41) is 0. The SMILES string of the molecule is Cc1cc(C(C)C)c(N(C)C)cc1OC(=O)C[N+](C)(C)C. The summed E-state index contributed by atoms with van der Waals surface area (Å²) < 4.78 is 6.12. The van der Waals surface area contributed by atoms with Crippen LogP contribution in [0.25, 0.3) is 0 Å². The number of ether oxygens (including phenoxy) is 1. The summed E-state index contributed by atoms with van der Waals surface area (Å²) >= 11 is 0. The van der Waals surface area contributed by atoms with E-state index >= 15 is 0 Å². The van der Waals surface area contributed by atoms with Crippen LogP contribution in [0.5, 0.6) is 5.75 Å². The highest BCUT2D eigenvalue weighted by Crippen LogP contribution is 2.33. The maximum atomic E-state index is 12.0. The minimum Gasteiger partial charge on any atom is -0.422 e. The first-order chi connectivity index (χ1) is 9.51. The average molecular weight is 293 g/mol. The standard InChI is InChI=1S/C17H29N2O2/c1-12(2)14-9-13(3)16(10-15(14)18(4)5)21-17(20)11-19(6,7)8/h9-10,12H,11H2,1-8H3/q+1. The molecule has 21 heavy (non-hydrogen) atoms.